The van der Waals surface area contributed by atoms with E-state index >= 15 is 0 Å². The van der Waals surface area contributed by atoms with Crippen LogP contribution >= 0.6 is 11.3 Å². The molecule has 4 heterocycles. The van der Waals surface area contributed by atoms with Gasteiger partial charge in [-0.05, 0) is 64.4 Å². The first kappa shape index (κ1) is 16.2. The van der Waals surface area contributed by atoms with Gasteiger partial charge in [-0.15, -0.1) is 16.4 Å². The van der Waals surface area contributed by atoms with Crippen molar-refractivity contribution in [3.8, 4) is 0 Å². The fraction of sp³-hybridized carbons (Fsp3) is 0.579. The minimum absolute atomic E-state index is 0.0439. The van der Waals surface area contributed by atoms with E-state index in [0.29, 0.717) is 5.82 Å². The molecule has 1 atom stereocenters. The minimum atomic E-state index is -0.0439. The van der Waals surface area contributed by atoms with Gasteiger partial charge in [-0.2, -0.15) is 4.52 Å². The molecule has 0 bridgehead atoms. The number of rotatable bonds is 1. The van der Waals surface area contributed by atoms with Crippen molar-refractivity contribution in [1.82, 2.24) is 24.5 Å². The van der Waals surface area contributed by atoms with Gasteiger partial charge in [0.05, 0.1) is 5.39 Å². The van der Waals surface area contributed by atoms with E-state index in [1.807, 2.05) is 11.8 Å². The topological polar surface area (TPSA) is 63.4 Å². The molecule has 0 saturated carbocycles. The summed E-state index contributed by atoms with van der Waals surface area (Å²) in [6.45, 7) is 4.86. The van der Waals surface area contributed by atoms with Crippen molar-refractivity contribution in [1.29, 1.82) is 0 Å². The number of carbonyl (C=O) groups excluding carboxylic acids is 1. The first-order chi connectivity index (χ1) is 12.6. The molecule has 3 aromatic heterocycles. The molecular weight excluding hydrogens is 346 g/mol. The van der Waals surface area contributed by atoms with Crippen LogP contribution in [0.4, 0.5) is 0 Å². The van der Waals surface area contributed by atoms with Gasteiger partial charge >= 0.3 is 0 Å². The average molecular weight is 369 g/mol. The lowest BCUT2D eigenvalue weighted by molar-refractivity contribution is 0.0623. The van der Waals surface area contributed by atoms with Crippen LogP contribution in [0.1, 0.15) is 65.9 Å². The van der Waals surface area contributed by atoms with E-state index in [1.54, 1.807) is 15.9 Å². The quantitative estimate of drug-likeness (QED) is 0.658. The van der Waals surface area contributed by atoms with E-state index in [-0.39, 0.29) is 11.9 Å². The van der Waals surface area contributed by atoms with Crippen LogP contribution in [0.15, 0.2) is 0 Å². The Hall–Kier alpha value is -2.02. The number of carbonyl (C=O) groups is 1. The molecule has 7 heteroatoms. The van der Waals surface area contributed by atoms with Crippen molar-refractivity contribution in [2.75, 3.05) is 6.54 Å². The molecule has 0 radical (unpaired) electrons. The number of thiophene rings is 1. The van der Waals surface area contributed by atoms with Crippen LogP contribution in [0.5, 0.6) is 0 Å². The largest absolute Gasteiger partial charge is 0.333 e. The normalized spacial score (nSPS) is 20.7. The van der Waals surface area contributed by atoms with Crippen molar-refractivity contribution in [3.05, 3.63) is 22.1 Å². The third-order valence-corrected chi connectivity index (χ3v) is 6.99. The van der Waals surface area contributed by atoms with E-state index in [0.717, 1.165) is 53.9 Å². The molecule has 0 aromatic carbocycles. The Kier molecular flexibility index (Phi) is 3.74. The van der Waals surface area contributed by atoms with Crippen LogP contribution in [0.3, 0.4) is 0 Å². The number of hydrogen-bond acceptors (Lipinski definition) is 5. The third kappa shape index (κ3) is 2.36. The summed E-state index contributed by atoms with van der Waals surface area (Å²) in [5, 5.41) is 5.68. The van der Waals surface area contributed by atoms with Gasteiger partial charge < -0.3 is 4.90 Å². The van der Waals surface area contributed by atoms with E-state index in [9.17, 15) is 4.79 Å². The summed E-state index contributed by atoms with van der Waals surface area (Å²) in [4.78, 5) is 26.9. The van der Waals surface area contributed by atoms with Crippen molar-refractivity contribution < 1.29 is 4.79 Å². The smallest absolute Gasteiger partial charge is 0.293 e. The second kappa shape index (κ2) is 6.01. The van der Waals surface area contributed by atoms with Crippen molar-refractivity contribution >= 4 is 33.1 Å². The van der Waals surface area contributed by atoms with Gasteiger partial charge in [-0.25, -0.2) is 9.97 Å². The summed E-state index contributed by atoms with van der Waals surface area (Å²) in [6, 6.07) is 0.260. The van der Waals surface area contributed by atoms with Gasteiger partial charge in [-0.3, -0.25) is 4.79 Å². The highest BCUT2D eigenvalue weighted by Gasteiger charge is 2.29. The zero-order chi connectivity index (χ0) is 17.8. The molecule has 1 aliphatic carbocycles. The molecule has 5 rings (SSSR count). The fourth-order valence-corrected chi connectivity index (χ4v) is 5.67. The number of nitrogens with zero attached hydrogens (tertiary/aromatic N) is 5. The molecule has 1 fully saturated rings. The summed E-state index contributed by atoms with van der Waals surface area (Å²) >= 11 is 1.79. The Bertz CT molecular complexity index is 1020. The number of likely N-dealkylation sites (tertiary alicyclic amines) is 1. The van der Waals surface area contributed by atoms with Crippen molar-refractivity contribution in [2.45, 2.75) is 64.8 Å². The SMILES string of the molecule is Cc1nc2sc3c(c2c2nc(C(=O)N4CCCCC4C)nn12)CCCC3. The highest BCUT2D eigenvalue weighted by molar-refractivity contribution is 7.19. The van der Waals surface area contributed by atoms with Crippen LogP contribution in [-0.2, 0) is 12.8 Å². The van der Waals surface area contributed by atoms with E-state index in [1.165, 1.54) is 29.7 Å². The summed E-state index contributed by atoms with van der Waals surface area (Å²) in [5.74, 6) is 1.06. The molecule has 0 spiro atoms. The van der Waals surface area contributed by atoms with Crippen LogP contribution < -0.4 is 0 Å². The first-order valence-electron chi connectivity index (χ1n) is 9.62. The van der Waals surface area contributed by atoms with E-state index < -0.39 is 0 Å². The van der Waals surface area contributed by atoms with Gasteiger partial charge in [0.2, 0.25) is 5.82 Å². The third-order valence-electron chi connectivity index (χ3n) is 5.81. The van der Waals surface area contributed by atoms with Gasteiger partial charge in [0.15, 0.2) is 5.65 Å². The van der Waals surface area contributed by atoms with Crippen LogP contribution in [0, 0.1) is 6.92 Å². The maximum Gasteiger partial charge on any atom is 0.293 e. The second-order valence-electron chi connectivity index (χ2n) is 7.56. The highest BCUT2D eigenvalue weighted by atomic mass is 32.1. The van der Waals surface area contributed by atoms with E-state index in [2.05, 4.69) is 12.0 Å². The molecule has 6 nitrogen and oxygen atoms in total. The number of fused-ring (bicyclic) bond motifs is 5. The number of piperidine rings is 1. The van der Waals surface area contributed by atoms with Crippen LogP contribution in [-0.4, -0.2) is 43.0 Å². The maximum atomic E-state index is 13.0. The second-order valence-corrected chi connectivity index (χ2v) is 8.65. The summed E-state index contributed by atoms with van der Waals surface area (Å²) in [6.07, 6.45) is 7.98. The monoisotopic (exact) mass is 369 g/mol. The summed E-state index contributed by atoms with van der Waals surface area (Å²) in [5.41, 5.74) is 2.19. The maximum absolute atomic E-state index is 13.0. The predicted molar refractivity (Wildman–Crippen MR) is 102 cm³/mol. The van der Waals surface area contributed by atoms with Crippen molar-refractivity contribution in [2.24, 2.45) is 0 Å². The Balaban J connectivity index is 1.67. The summed E-state index contributed by atoms with van der Waals surface area (Å²) in [7, 11) is 0. The molecule has 26 heavy (non-hydrogen) atoms. The molecule has 1 amide bonds. The standard InChI is InChI=1S/C19H23N5OS/c1-11-7-5-6-10-23(11)19(25)16-21-17-15-13-8-3-4-9-14(13)26-18(15)20-12(2)24(17)22-16/h11H,3-10H2,1-2H3. The molecule has 1 unspecified atom stereocenters. The van der Waals surface area contributed by atoms with Crippen LogP contribution in [0.25, 0.3) is 15.9 Å². The Labute approximate surface area is 156 Å². The van der Waals surface area contributed by atoms with Gasteiger partial charge in [-0.1, -0.05) is 0 Å². The predicted octanol–water partition coefficient (Wildman–Crippen LogP) is 3.54. The van der Waals surface area contributed by atoms with Gasteiger partial charge in [0, 0.05) is 17.5 Å². The van der Waals surface area contributed by atoms with Gasteiger partial charge in [0.25, 0.3) is 5.91 Å². The number of aryl methyl sites for hydroxylation is 3. The molecule has 1 saturated heterocycles. The number of amides is 1. The molecule has 3 aromatic rings. The minimum Gasteiger partial charge on any atom is -0.333 e. The fourth-order valence-electron chi connectivity index (χ4n) is 4.37. The Morgan fingerprint density at radius 2 is 2.00 bits per heavy atom. The lowest BCUT2D eigenvalue weighted by Crippen LogP contribution is -2.42. The summed E-state index contributed by atoms with van der Waals surface area (Å²) < 4.78 is 1.77. The lowest BCUT2D eigenvalue weighted by Gasteiger charge is -2.32. The zero-order valence-corrected chi connectivity index (χ0v) is 16.1. The molecule has 136 valence electrons. The highest BCUT2D eigenvalue weighted by Crippen LogP contribution is 2.37. The lowest BCUT2D eigenvalue weighted by atomic mass is 9.97. The Morgan fingerprint density at radius 1 is 1.15 bits per heavy atom. The van der Waals surface area contributed by atoms with Crippen molar-refractivity contribution in [3.63, 3.8) is 0 Å². The van der Waals surface area contributed by atoms with Gasteiger partial charge in [0.1, 0.15) is 10.7 Å². The molecular formula is C19H23N5OS. The number of hydrogen-bond donors (Lipinski definition) is 0. The first-order valence-corrected chi connectivity index (χ1v) is 10.4. The molecule has 0 N–H and O–H groups in total. The molecule has 1 aliphatic heterocycles. The average Bonchev–Trinajstić information content (AvgIpc) is 3.23. The number of aromatic nitrogens is 4. The van der Waals surface area contributed by atoms with E-state index in [4.69, 9.17) is 9.97 Å². The zero-order valence-electron chi connectivity index (χ0n) is 15.3. The van der Waals surface area contributed by atoms with Crippen LogP contribution in [0.2, 0.25) is 0 Å². The Morgan fingerprint density at radius 3 is 2.85 bits per heavy atom. The molecule has 2 aliphatic rings.